The summed E-state index contributed by atoms with van der Waals surface area (Å²) in [6.45, 7) is 0. The summed E-state index contributed by atoms with van der Waals surface area (Å²) in [5, 5.41) is 8.22. The third-order valence-corrected chi connectivity index (χ3v) is 1.64. The molecule has 11 heavy (non-hydrogen) atoms. The summed E-state index contributed by atoms with van der Waals surface area (Å²) in [5.41, 5.74) is 0.958. The van der Waals surface area contributed by atoms with Crippen molar-refractivity contribution in [1.82, 2.24) is 0 Å². The number of rotatable bonds is 2. The predicted octanol–water partition coefficient (Wildman–Crippen LogP) is 2.93. The molecule has 0 saturated heterocycles. The van der Waals surface area contributed by atoms with Crippen LogP contribution in [-0.4, -0.2) is 6.04 Å². The van der Waals surface area contributed by atoms with Crippen molar-refractivity contribution in [3.8, 4) is 0 Å². The number of nitrogens with zero attached hydrogens (tertiary/aromatic N) is 2. The lowest BCUT2D eigenvalue weighted by Crippen LogP contribution is -1.68. The Morgan fingerprint density at radius 2 is 1.82 bits per heavy atom. The van der Waals surface area contributed by atoms with Crippen molar-refractivity contribution in [1.29, 1.82) is 0 Å². The molecule has 1 aliphatic carbocycles. The van der Waals surface area contributed by atoms with Gasteiger partial charge >= 0.3 is 0 Å². The second-order valence-corrected chi connectivity index (χ2v) is 2.78. The minimum atomic E-state index is 0.523. The Bertz CT molecular complexity index is 250. The Morgan fingerprint density at radius 1 is 1.09 bits per heavy atom. The van der Waals surface area contributed by atoms with Crippen molar-refractivity contribution >= 4 is 5.69 Å². The van der Waals surface area contributed by atoms with Gasteiger partial charge in [-0.15, -0.1) is 0 Å². The molecule has 1 aromatic carbocycles. The van der Waals surface area contributed by atoms with E-state index in [1.54, 1.807) is 0 Å². The van der Waals surface area contributed by atoms with Crippen LogP contribution in [0.1, 0.15) is 12.8 Å². The Labute approximate surface area is 66.0 Å². The SMILES string of the molecule is c1ccc(N=NC2CC2)cc1. The van der Waals surface area contributed by atoms with E-state index in [1.807, 2.05) is 30.3 Å². The molecule has 1 aromatic rings. The number of benzene rings is 1. The monoisotopic (exact) mass is 146 g/mol. The zero-order chi connectivity index (χ0) is 7.52. The van der Waals surface area contributed by atoms with Crippen molar-refractivity contribution in [2.75, 3.05) is 0 Å². The topological polar surface area (TPSA) is 24.7 Å². The highest BCUT2D eigenvalue weighted by atomic mass is 15.1. The average Bonchev–Trinajstić information content (AvgIpc) is 2.86. The Hall–Kier alpha value is -1.18. The van der Waals surface area contributed by atoms with Gasteiger partial charge in [0.25, 0.3) is 0 Å². The second-order valence-electron chi connectivity index (χ2n) is 2.78. The first-order valence-electron chi connectivity index (χ1n) is 3.91. The first kappa shape index (κ1) is 6.53. The first-order valence-corrected chi connectivity index (χ1v) is 3.91. The van der Waals surface area contributed by atoms with Crippen LogP contribution in [0.3, 0.4) is 0 Å². The molecule has 2 rings (SSSR count). The van der Waals surface area contributed by atoms with Crippen LogP contribution < -0.4 is 0 Å². The molecule has 56 valence electrons. The van der Waals surface area contributed by atoms with Gasteiger partial charge in [0.15, 0.2) is 0 Å². The maximum absolute atomic E-state index is 4.13. The van der Waals surface area contributed by atoms with Crippen molar-refractivity contribution in [3.63, 3.8) is 0 Å². The fourth-order valence-electron chi connectivity index (χ4n) is 0.833. The van der Waals surface area contributed by atoms with Gasteiger partial charge in [0, 0.05) is 0 Å². The molecular formula is C9H10N2. The van der Waals surface area contributed by atoms with Gasteiger partial charge in [-0.2, -0.15) is 10.2 Å². The van der Waals surface area contributed by atoms with Gasteiger partial charge in [-0.05, 0) is 25.0 Å². The summed E-state index contributed by atoms with van der Waals surface area (Å²) in [6, 6.07) is 10.4. The third kappa shape index (κ3) is 1.87. The average molecular weight is 146 g/mol. The minimum Gasteiger partial charge on any atom is -0.185 e. The van der Waals surface area contributed by atoms with E-state index in [0.717, 1.165) is 5.69 Å². The van der Waals surface area contributed by atoms with Gasteiger partial charge in [-0.3, -0.25) is 0 Å². The molecule has 0 amide bonds. The molecule has 0 aromatic heterocycles. The molecule has 0 heterocycles. The van der Waals surface area contributed by atoms with Gasteiger partial charge in [0.2, 0.25) is 0 Å². The standard InChI is InChI=1S/C9H10N2/c1-2-4-8(5-3-1)10-11-9-6-7-9/h1-5,9H,6-7H2. The van der Waals surface area contributed by atoms with Crippen molar-refractivity contribution in [3.05, 3.63) is 30.3 Å². The molecule has 0 spiro atoms. The quantitative estimate of drug-likeness (QED) is 0.573. The summed E-state index contributed by atoms with van der Waals surface area (Å²) in [7, 11) is 0. The lowest BCUT2D eigenvalue weighted by molar-refractivity contribution is 0.954. The van der Waals surface area contributed by atoms with Crippen molar-refractivity contribution in [2.45, 2.75) is 18.9 Å². The fourth-order valence-corrected chi connectivity index (χ4v) is 0.833. The summed E-state index contributed by atoms with van der Waals surface area (Å²) in [5.74, 6) is 0. The molecular weight excluding hydrogens is 136 g/mol. The van der Waals surface area contributed by atoms with E-state index >= 15 is 0 Å². The minimum absolute atomic E-state index is 0.523. The Balaban J connectivity index is 2.05. The highest BCUT2D eigenvalue weighted by Crippen LogP contribution is 2.25. The van der Waals surface area contributed by atoms with Crippen LogP contribution in [0.2, 0.25) is 0 Å². The molecule has 1 fully saturated rings. The van der Waals surface area contributed by atoms with Crippen LogP contribution in [0, 0.1) is 0 Å². The third-order valence-electron chi connectivity index (χ3n) is 1.64. The van der Waals surface area contributed by atoms with Crippen LogP contribution >= 0.6 is 0 Å². The van der Waals surface area contributed by atoms with Gasteiger partial charge in [-0.25, -0.2) is 0 Å². The summed E-state index contributed by atoms with van der Waals surface area (Å²) in [6.07, 6.45) is 2.44. The Kier molecular flexibility index (Phi) is 1.68. The highest BCUT2D eigenvalue weighted by Gasteiger charge is 2.20. The molecule has 0 unspecified atom stereocenters. The van der Waals surface area contributed by atoms with Crippen LogP contribution in [0.4, 0.5) is 5.69 Å². The smallest absolute Gasteiger partial charge is 0.0852 e. The van der Waals surface area contributed by atoms with E-state index in [0.29, 0.717) is 6.04 Å². The fraction of sp³-hybridized carbons (Fsp3) is 0.333. The van der Waals surface area contributed by atoms with Crippen LogP contribution in [0.15, 0.2) is 40.6 Å². The largest absolute Gasteiger partial charge is 0.185 e. The molecule has 0 radical (unpaired) electrons. The van der Waals surface area contributed by atoms with Gasteiger partial charge in [-0.1, -0.05) is 18.2 Å². The van der Waals surface area contributed by atoms with E-state index in [4.69, 9.17) is 0 Å². The number of hydrogen-bond donors (Lipinski definition) is 0. The maximum atomic E-state index is 4.13. The van der Waals surface area contributed by atoms with Crippen LogP contribution in [0.5, 0.6) is 0 Å². The number of azo groups is 1. The second kappa shape index (κ2) is 2.82. The lowest BCUT2D eigenvalue weighted by Gasteiger charge is -1.87. The molecule has 2 nitrogen and oxygen atoms in total. The van der Waals surface area contributed by atoms with E-state index in [-0.39, 0.29) is 0 Å². The van der Waals surface area contributed by atoms with Gasteiger partial charge in [0.1, 0.15) is 0 Å². The van der Waals surface area contributed by atoms with Crippen LogP contribution in [-0.2, 0) is 0 Å². The zero-order valence-corrected chi connectivity index (χ0v) is 6.27. The normalized spacial score (nSPS) is 17.5. The summed E-state index contributed by atoms with van der Waals surface area (Å²) in [4.78, 5) is 0. The summed E-state index contributed by atoms with van der Waals surface area (Å²) < 4.78 is 0. The van der Waals surface area contributed by atoms with Crippen molar-refractivity contribution in [2.24, 2.45) is 10.2 Å². The first-order chi connectivity index (χ1) is 5.45. The highest BCUT2D eigenvalue weighted by molar-refractivity contribution is 5.34. The zero-order valence-electron chi connectivity index (χ0n) is 6.27. The Morgan fingerprint density at radius 3 is 2.45 bits per heavy atom. The molecule has 0 bridgehead atoms. The molecule has 1 saturated carbocycles. The lowest BCUT2D eigenvalue weighted by atomic mass is 10.3. The van der Waals surface area contributed by atoms with Gasteiger partial charge < -0.3 is 0 Å². The molecule has 1 aliphatic rings. The number of hydrogen-bond acceptors (Lipinski definition) is 2. The van der Waals surface area contributed by atoms with Crippen LogP contribution in [0.25, 0.3) is 0 Å². The molecule has 0 aliphatic heterocycles. The van der Waals surface area contributed by atoms with Crippen molar-refractivity contribution < 1.29 is 0 Å². The molecule has 2 heteroatoms. The molecule has 0 atom stereocenters. The maximum Gasteiger partial charge on any atom is 0.0852 e. The van der Waals surface area contributed by atoms with E-state index in [2.05, 4.69) is 10.2 Å². The van der Waals surface area contributed by atoms with E-state index < -0.39 is 0 Å². The predicted molar refractivity (Wildman–Crippen MR) is 44.0 cm³/mol. The van der Waals surface area contributed by atoms with Gasteiger partial charge in [0.05, 0.1) is 11.7 Å². The van der Waals surface area contributed by atoms with E-state index in [1.165, 1.54) is 12.8 Å². The summed E-state index contributed by atoms with van der Waals surface area (Å²) >= 11 is 0. The van der Waals surface area contributed by atoms with E-state index in [9.17, 15) is 0 Å². The molecule has 0 N–H and O–H groups in total.